The van der Waals surface area contributed by atoms with E-state index in [0.29, 0.717) is 36.9 Å². The minimum Gasteiger partial charge on any atom is -0.508 e. The average molecular weight is 838 g/mol. The van der Waals surface area contributed by atoms with E-state index in [0.717, 1.165) is 5.56 Å². The van der Waals surface area contributed by atoms with Crippen molar-refractivity contribution in [3.05, 3.63) is 59.2 Å². The minimum atomic E-state index is -1.25. The molecule has 4 atom stereocenters. The van der Waals surface area contributed by atoms with Gasteiger partial charge in [0, 0.05) is 32.0 Å². The third kappa shape index (κ3) is 15.9. The smallest absolute Gasteiger partial charge is 0.408 e. The minimum absolute atomic E-state index is 0.00172. The van der Waals surface area contributed by atoms with Gasteiger partial charge in [-0.3, -0.25) is 29.1 Å². The lowest BCUT2D eigenvalue weighted by Crippen LogP contribution is -2.62. The van der Waals surface area contributed by atoms with Crippen molar-refractivity contribution in [1.29, 1.82) is 0 Å². The summed E-state index contributed by atoms with van der Waals surface area (Å²) in [6.07, 6.45) is 0.558. The maximum Gasteiger partial charge on any atom is 0.408 e. The van der Waals surface area contributed by atoms with Crippen LogP contribution >= 0.6 is 0 Å². The van der Waals surface area contributed by atoms with Crippen LogP contribution in [0, 0.1) is 6.92 Å². The Morgan fingerprint density at radius 2 is 1.50 bits per heavy atom. The predicted molar refractivity (Wildman–Crippen MR) is 227 cm³/mol. The van der Waals surface area contributed by atoms with Gasteiger partial charge in [-0.2, -0.15) is 0 Å². The van der Waals surface area contributed by atoms with E-state index >= 15 is 0 Å². The van der Waals surface area contributed by atoms with Crippen LogP contribution in [0.2, 0.25) is 0 Å². The molecule has 18 heteroatoms. The highest BCUT2D eigenvalue weighted by Crippen LogP contribution is 2.36. The fraction of sp³-hybridized carbons (Fsp3) is 0.548. The molecule has 3 rings (SSSR count). The summed E-state index contributed by atoms with van der Waals surface area (Å²) in [4.78, 5) is 86.1. The Morgan fingerprint density at radius 1 is 0.850 bits per heavy atom. The quantitative estimate of drug-likeness (QED) is 0.0579. The Hall–Kier alpha value is -6.07. The number of primary amides is 1. The zero-order valence-electron chi connectivity index (χ0n) is 35.8. The summed E-state index contributed by atoms with van der Waals surface area (Å²) in [5.74, 6) is -3.12. The van der Waals surface area contributed by atoms with Gasteiger partial charge in [0.25, 0.3) is 5.91 Å². The summed E-state index contributed by atoms with van der Waals surface area (Å²) in [6.45, 7) is 12.5. The third-order valence-electron chi connectivity index (χ3n) is 9.29. The summed E-state index contributed by atoms with van der Waals surface area (Å²) in [6, 6.07) is 7.10. The molecule has 6 amide bonds. The fourth-order valence-electron chi connectivity index (χ4n) is 6.63. The molecule has 0 aliphatic carbocycles. The second-order valence-corrected chi connectivity index (χ2v) is 16.8. The molecule has 0 radical (unpaired) electrons. The standard InChI is InChI=1S/C42H63N9O9/c1-25-21-27(52)23-33-28(25)24-31(49-35(54)29(17-14-20-46-38(44)45)50-40(58)60-42(5,6)7)37(56)51(33)32(18-12-9-13-19-47-39(57)59-41(2,3)4)36(55)48-30(34(43)53)22-26-15-10-8-11-16-26/h8,10-11,15-16,21,23,29-32,52H,9,12-14,17-20,22,24H2,1-7H3,(H2,43,53)(H,47,57)(H,48,55)(H,49,54)(H,50,58)(H4,44,45,46)/t29-,30+,31+,32+/m1/s1. The number of nitrogens with two attached hydrogens (primary N) is 3. The number of nitrogens with one attached hydrogen (secondary N) is 4. The number of anilines is 1. The lowest BCUT2D eigenvalue weighted by atomic mass is 9.90. The number of unbranched alkanes of at least 4 members (excludes halogenated alkanes) is 2. The molecule has 0 aromatic heterocycles. The highest BCUT2D eigenvalue weighted by Gasteiger charge is 2.42. The number of aliphatic imine (C=N–C) groups is 1. The second kappa shape index (κ2) is 21.8. The number of aryl methyl sites for hydroxylation is 1. The van der Waals surface area contributed by atoms with E-state index < -0.39 is 71.2 Å². The molecular weight excluding hydrogens is 775 g/mol. The van der Waals surface area contributed by atoms with Gasteiger partial charge < -0.3 is 53.0 Å². The van der Waals surface area contributed by atoms with Crippen LogP contribution in [-0.4, -0.2) is 95.3 Å². The van der Waals surface area contributed by atoms with Gasteiger partial charge in [-0.1, -0.05) is 43.2 Å². The van der Waals surface area contributed by atoms with E-state index in [9.17, 15) is 33.9 Å². The fourth-order valence-corrected chi connectivity index (χ4v) is 6.63. The Kier molecular flexibility index (Phi) is 17.5. The summed E-state index contributed by atoms with van der Waals surface area (Å²) in [5, 5.41) is 21.6. The first-order valence-corrected chi connectivity index (χ1v) is 20.2. The monoisotopic (exact) mass is 837 g/mol. The number of nitrogens with zero attached hydrogens (tertiary/aromatic N) is 2. The number of guanidine groups is 1. The van der Waals surface area contributed by atoms with Gasteiger partial charge in [0.15, 0.2) is 5.96 Å². The summed E-state index contributed by atoms with van der Waals surface area (Å²) in [5.41, 5.74) is 17.4. The van der Waals surface area contributed by atoms with Gasteiger partial charge in [0.05, 0.1) is 5.69 Å². The summed E-state index contributed by atoms with van der Waals surface area (Å²) < 4.78 is 10.7. The van der Waals surface area contributed by atoms with Crippen LogP contribution in [0.4, 0.5) is 15.3 Å². The Labute approximate surface area is 351 Å². The van der Waals surface area contributed by atoms with Crippen LogP contribution in [0.3, 0.4) is 0 Å². The number of hydrogen-bond acceptors (Lipinski definition) is 10. The number of carbonyl (C=O) groups is 6. The molecule has 0 bridgehead atoms. The molecule has 0 unspecified atom stereocenters. The first-order chi connectivity index (χ1) is 28.0. The highest BCUT2D eigenvalue weighted by molar-refractivity contribution is 6.07. The van der Waals surface area contributed by atoms with E-state index in [4.69, 9.17) is 26.7 Å². The van der Waals surface area contributed by atoms with Crippen LogP contribution < -0.4 is 43.4 Å². The van der Waals surface area contributed by atoms with Crippen molar-refractivity contribution in [1.82, 2.24) is 21.3 Å². The molecule has 0 saturated heterocycles. The number of alkyl carbamates (subject to hydrolysis) is 2. The van der Waals surface area contributed by atoms with Crippen molar-refractivity contribution in [2.45, 2.75) is 135 Å². The van der Waals surface area contributed by atoms with Gasteiger partial charge in [0.1, 0.15) is 41.1 Å². The van der Waals surface area contributed by atoms with E-state index in [1.165, 1.54) is 17.0 Å². The van der Waals surface area contributed by atoms with Crippen molar-refractivity contribution in [2.75, 3.05) is 18.0 Å². The molecule has 330 valence electrons. The Bertz CT molecular complexity index is 1850. The molecular formula is C42H63N9O9. The van der Waals surface area contributed by atoms with Crippen LogP contribution in [0.5, 0.6) is 5.75 Å². The van der Waals surface area contributed by atoms with Gasteiger partial charge >= 0.3 is 12.2 Å². The molecule has 0 fully saturated rings. The molecule has 2 aromatic carbocycles. The summed E-state index contributed by atoms with van der Waals surface area (Å²) in [7, 11) is 0. The van der Waals surface area contributed by atoms with Gasteiger partial charge in [0.2, 0.25) is 17.7 Å². The van der Waals surface area contributed by atoms with Crippen LogP contribution in [0.25, 0.3) is 0 Å². The van der Waals surface area contributed by atoms with Crippen LogP contribution in [0.1, 0.15) is 96.8 Å². The molecule has 1 heterocycles. The highest BCUT2D eigenvalue weighted by atomic mass is 16.6. The average Bonchev–Trinajstić information content (AvgIpc) is 3.12. The molecule has 11 N–H and O–H groups in total. The van der Waals surface area contributed by atoms with Crippen molar-refractivity contribution < 1.29 is 43.3 Å². The van der Waals surface area contributed by atoms with E-state index in [-0.39, 0.29) is 56.0 Å². The SMILES string of the molecule is Cc1cc(O)cc2c1C[C@H](NC(=O)[C@@H](CCCN=C(N)N)NC(=O)OC(C)(C)C)C(=O)N2[C@@H](CCCCCNC(=O)OC(C)(C)C)C(=O)N[C@@H](Cc1ccccc1)C(N)=O. The Morgan fingerprint density at radius 3 is 2.12 bits per heavy atom. The lowest BCUT2D eigenvalue weighted by molar-refractivity contribution is -0.132. The lowest BCUT2D eigenvalue weighted by Gasteiger charge is -2.40. The molecule has 0 spiro atoms. The number of amides is 6. The van der Waals surface area contributed by atoms with Crippen molar-refractivity contribution in [2.24, 2.45) is 22.2 Å². The molecule has 0 saturated carbocycles. The maximum absolute atomic E-state index is 14.7. The zero-order valence-corrected chi connectivity index (χ0v) is 35.8. The molecule has 1 aliphatic heterocycles. The number of aromatic hydroxyl groups is 1. The number of benzene rings is 2. The second-order valence-electron chi connectivity index (χ2n) is 16.8. The first kappa shape index (κ1) is 48.3. The van der Waals surface area contributed by atoms with Crippen LogP contribution in [-0.2, 0) is 41.5 Å². The molecule has 1 aliphatic rings. The number of carbonyl (C=O) groups excluding carboxylic acids is 6. The maximum atomic E-state index is 14.7. The number of fused-ring (bicyclic) bond motifs is 1. The number of phenolic OH excluding ortho intramolecular Hbond substituents is 1. The van der Waals surface area contributed by atoms with Gasteiger partial charge in [-0.05, 0) is 96.9 Å². The number of phenols is 1. The van der Waals surface area contributed by atoms with Crippen molar-refractivity contribution >= 4 is 47.5 Å². The van der Waals surface area contributed by atoms with Crippen molar-refractivity contribution in [3.8, 4) is 5.75 Å². The number of ether oxygens (including phenoxy) is 2. The van der Waals surface area contributed by atoms with Gasteiger partial charge in [-0.15, -0.1) is 0 Å². The van der Waals surface area contributed by atoms with Crippen LogP contribution in [0.15, 0.2) is 47.5 Å². The van der Waals surface area contributed by atoms with E-state index in [2.05, 4.69) is 26.3 Å². The van der Waals surface area contributed by atoms with Crippen molar-refractivity contribution in [3.63, 3.8) is 0 Å². The normalized spacial score (nSPS) is 15.3. The van der Waals surface area contributed by atoms with E-state index in [1.807, 2.05) is 6.07 Å². The predicted octanol–water partition coefficient (Wildman–Crippen LogP) is 2.69. The molecule has 60 heavy (non-hydrogen) atoms. The van der Waals surface area contributed by atoms with Gasteiger partial charge in [-0.25, -0.2) is 9.59 Å². The van der Waals surface area contributed by atoms with E-state index in [1.54, 1.807) is 72.7 Å². The topological polar surface area (TPSA) is 283 Å². The number of hydrogen-bond donors (Lipinski definition) is 8. The number of rotatable bonds is 19. The summed E-state index contributed by atoms with van der Waals surface area (Å²) >= 11 is 0. The Balaban J connectivity index is 1.98. The molecule has 2 aromatic rings. The first-order valence-electron chi connectivity index (χ1n) is 20.2. The molecule has 18 nitrogen and oxygen atoms in total. The third-order valence-corrected chi connectivity index (χ3v) is 9.29. The largest absolute Gasteiger partial charge is 0.508 e. The zero-order chi connectivity index (χ0) is 44.8.